The predicted octanol–water partition coefficient (Wildman–Crippen LogP) is 3.63. The largest absolute Gasteiger partial charge is 0.341 e. The van der Waals surface area contributed by atoms with Gasteiger partial charge in [-0.2, -0.15) is 0 Å². The summed E-state index contributed by atoms with van der Waals surface area (Å²) in [5.74, 6) is -0.230. The Hall–Kier alpha value is -1.49. The molecule has 1 N–H and O–H groups in total. The first-order valence-corrected chi connectivity index (χ1v) is 7.13. The zero-order chi connectivity index (χ0) is 14.3. The fraction of sp³-hybridized carbons (Fsp3) is 0.533. The van der Waals surface area contributed by atoms with E-state index in [1.54, 1.807) is 0 Å². The van der Waals surface area contributed by atoms with Gasteiger partial charge in [0.2, 0.25) is 0 Å². The van der Waals surface area contributed by atoms with Gasteiger partial charge in [-0.25, -0.2) is 13.8 Å². The second kappa shape index (κ2) is 5.13. The summed E-state index contributed by atoms with van der Waals surface area (Å²) in [6, 6.07) is 2.46. The molecule has 1 aliphatic heterocycles. The lowest BCUT2D eigenvalue weighted by molar-refractivity contribution is 0.135. The van der Waals surface area contributed by atoms with Gasteiger partial charge in [0.05, 0.1) is 17.1 Å². The number of nitrogens with one attached hydrogen (secondary N) is 1. The number of aromatic nitrogens is 2. The highest BCUT2D eigenvalue weighted by Crippen LogP contribution is 2.26. The summed E-state index contributed by atoms with van der Waals surface area (Å²) >= 11 is 0. The molecule has 0 radical (unpaired) electrons. The summed E-state index contributed by atoms with van der Waals surface area (Å²) in [5, 5.41) is 0. The van der Waals surface area contributed by atoms with E-state index in [1.807, 2.05) is 0 Å². The minimum Gasteiger partial charge on any atom is -0.341 e. The first-order chi connectivity index (χ1) is 9.54. The first kappa shape index (κ1) is 13.5. The number of halogens is 2. The fourth-order valence-electron chi connectivity index (χ4n) is 2.97. The van der Waals surface area contributed by atoms with Crippen molar-refractivity contribution in [3.63, 3.8) is 0 Å². The Labute approximate surface area is 117 Å². The van der Waals surface area contributed by atoms with Crippen LogP contribution in [0.15, 0.2) is 12.1 Å². The molecule has 1 aromatic heterocycles. The van der Waals surface area contributed by atoms with E-state index in [9.17, 15) is 8.78 Å². The topological polar surface area (TPSA) is 31.9 Å². The van der Waals surface area contributed by atoms with Gasteiger partial charge in [0.25, 0.3) is 0 Å². The Bertz CT molecular complexity index is 584. The molecule has 1 saturated heterocycles. The Morgan fingerprint density at radius 3 is 2.85 bits per heavy atom. The second-order valence-electron chi connectivity index (χ2n) is 5.82. The minimum atomic E-state index is -0.852. The molecule has 2 atom stereocenters. The lowest BCUT2D eigenvalue weighted by Gasteiger charge is -2.34. The summed E-state index contributed by atoms with van der Waals surface area (Å²) in [5.41, 5.74) is 1.03. The van der Waals surface area contributed by atoms with Gasteiger partial charge in [-0.1, -0.05) is 6.92 Å². The molecule has 0 aliphatic carbocycles. The molecule has 20 heavy (non-hydrogen) atoms. The maximum atomic E-state index is 13.2. The van der Waals surface area contributed by atoms with Crippen LogP contribution in [0.2, 0.25) is 0 Å². The van der Waals surface area contributed by atoms with Gasteiger partial charge in [0.15, 0.2) is 11.6 Å². The number of likely N-dealkylation sites (tertiary alicyclic amines) is 1. The second-order valence-corrected chi connectivity index (χ2v) is 5.82. The third-order valence-corrected chi connectivity index (χ3v) is 4.17. The summed E-state index contributed by atoms with van der Waals surface area (Å²) < 4.78 is 26.5. The van der Waals surface area contributed by atoms with E-state index in [-0.39, 0.29) is 6.04 Å². The molecule has 0 bridgehead atoms. The maximum absolute atomic E-state index is 13.2. The maximum Gasteiger partial charge on any atom is 0.161 e. The zero-order valence-corrected chi connectivity index (χ0v) is 11.8. The van der Waals surface area contributed by atoms with Crippen LogP contribution in [0.3, 0.4) is 0 Å². The Balaban J connectivity index is 1.89. The molecule has 5 heteroatoms. The zero-order valence-electron chi connectivity index (χ0n) is 11.8. The van der Waals surface area contributed by atoms with Crippen molar-refractivity contribution >= 4 is 11.0 Å². The van der Waals surface area contributed by atoms with E-state index in [1.165, 1.54) is 18.9 Å². The van der Waals surface area contributed by atoms with Gasteiger partial charge in [-0.3, -0.25) is 4.90 Å². The number of H-pyrrole nitrogens is 1. The van der Waals surface area contributed by atoms with E-state index in [0.717, 1.165) is 25.0 Å². The van der Waals surface area contributed by atoms with Gasteiger partial charge in [-0.15, -0.1) is 0 Å². The van der Waals surface area contributed by atoms with Crippen LogP contribution < -0.4 is 0 Å². The Morgan fingerprint density at radius 2 is 2.10 bits per heavy atom. The molecular weight excluding hydrogens is 260 g/mol. The molecule has 1 fully saturated rings. The average Bonchev–Trinajstić information content (AvgIpc) is 2.81. The van der Waals surface area contributed by atoms with Crippen LogP contribution in [0.25, 0.3) is 11.0 Å². The van der Waals surface area contributed by atoms with Crippen molar-refractivity contribution in [2.45, 2.75) is 32.7 Å². The molecule has 0 spiro atoms. The molecule has 0 amide bonds. The van der Waals surface area contributed by atoms with Gasteiger partial charge in [0, 0.05) is 18.7 Å². The molecule has 2 aromatic rings. The number of fused-ring (bicyclic) bond motifs is 1. The third kappa shape index (κ3) is 2.42. The normalized spacial score (nSPS) is 22.3. The van der Waals surface area contributed by atoms with Crippen molar-refractivity contribution in [1.82, 2.24) is 14.9 Å². The molecule has 3 rings (SSSR count). The van der Waals surface area contributed by atoms with Crippen molar-refractivity contribution in [1.29, 1.82) is 0 Å². The Kier molecular flexibility index (Phi) is 3.46. The van der Waals surface area contributed by atoms with Gasteiger partial charge >= 0.3 is 0 Å². The molecule has 0 saturated carbocycles. The number of piperidine rings is 1. The SMILES string of the molecule is CC1CCCN(C(C)c2nc3cc(F)c(F)cc3[nH]2)C1. The molecule has 1 aromatic carbocycles. The number of hydrogen-bond acceptors (Lipinski definition) is 2. The van der Waals surface area contributed by atoms with Crippen molar-refractivity contribution in [2.24, 2.45) is 5.92 Å². The van der Waals surface area contributed by atoms with E-state index in [2.05, 4.69) is 28.7 Å². The smallest absolute Gasteiger partial charge is 0.161 e. The number of nitrogens with zero attached hydrogens (tertiary/aromatic N) is 2. The summed E-state index contributed by atoms with van der Waals surface area (Å²) in [6.07, 6.45) is 2.45. The molecular formula is C15H19F2N3. The summed E-state index contributed by atoms with van der Waals surface area (Å²) in [7, 11) is 0. The quantitative estimate of drug-likeness (QED) is 0.910. The number of hydrogen-bond donors (Lipinski definition) is 1. The van der Waals surface area contributed by atoms with Crippen LogP contribution in [-0.4, -0.2) is 28.0 Å². The number of aromatic amines is 1. The molecule has 1 aliphatic rings. The number of rotatable bonds is 2. The van der Waals surface area contributed by atoms with Crippen molar-refractivity contribution in [3.05, 3.63) is 29.6 Å². The molecule has 3 nitrogen and oxygen atoms in total. The monoisotopic (exact) mass is 279 g/mol. The van der Waals surface area contributed by atoms with E-state index < -0.39 is 11.6 Å². The van der Waals surface area contributed by atoms with E-state index >= 15 is 0 Å². The van der Waals surface area contributed by atoms with Crippen LogP contribution in [0.5, 0.6) is 0 Å². The third-order valence-electron chi connectivity index (χ3n) is 4.17. The highest BCUT2D eigenvalue weighted by atomic mass is 19.2. The Morgan fingerprint density at radius 1 is 1.35 bits per heavy atom. The standard InChI is InChI=1S/C15H19F2N3/c1-9-4-3-5-20(8-9)10(2)15-18-13-6-11(16)12(17)7-14(13)19-15/h6-7,9-10H,3-5,8H2,1-2H3,(H,18,19). The van der Waals surface area contributed by atoms with Gasteiger partial charge in [0.1, 0.15) is 5.82 Å². The van der Waals surface area contributed by atoms with E-state index in [4.69, 9.17) is 0 Å². The molecule has 2 heterocycles. The highest BCUT2D eigenvalue weighted by molar-refractivity contribution is 5.75. The van der Waals surface area contributed by atoms with Crippen LogP contribution >= 0.6 is 0 Å². The highest BCUT2D eigenvalue weighted by Gasteiger charge is 2.24. The lowest BCUT2D eigenvalue weighted by Crippen LogP contribution is -2.36. The van der Waals surface area contributed by atoms with E-state index in [0.29, 0.717) is 17.0 Å². The number of benzene rings is 1. The average molecular weight is 279 g/mol. The van der Waals surface area contributed by atoms with Crippen molar-refractivity contribution in [2.75, 3.05) is 13.1 Å². The molecule has 2 unspecified atom stereocenters. The lowest BCUT2D eigenvalue weighted by atomic mass is 9.99. The van der Waals surface area contributed by atoms with Crippen molar-refractivity contribution in [3.8, 4) is 0 Å². The summed E-state index contributed by atoms with van der Waals surface area (Å²) in [6.45, 7) is 6.43. The number of imidazole rings is 1. The first-order valence-electron chi connectivity index (χ1n) is 7.13. The van der Waals surface area contributed by atoms with Crippen LogP contribution in [0.1, 0.15) is 38.6 Å². The van der Waals surface area contributed by atoms with Crippen LogP contribution in [0.4, 0.5) is 8.78 Å². The predicted molar refractivity (Wildman–Crippen MR) is 74.4 cm³/mol. The van der Waals surface area contributed by atoms with Crippen molar-refractivity contribution < 1.29 is 8.78 Å². The van der Waals surface area contributed by atoms with Crippen LogP contribution in [0, 0.1) is 17.6 Å². The van der Waals surface area contributed by atoms with Gasteiger partial charge in [-0.05, 0) is 32.2 Å². The van der Waals surface area contributed by atoms with Gasteiger partial charge < -0.3 is 4.98 Å². The minimum absolute atomic E-state index is 0.135. The molecule has 108 valence electrons. The fourth-order valence-corrected chi connectivity index (χ4v) is 2.97. The van der Waals surface area contributed by atoms with Crippen LogP contribution in [-0.2, 0) is 0 Å². The summed E-state index contributed by atoms with van der Waals surface area (Å²) in [4.78, 5) is 9.90.